The van der Waals surface area contributed by atoms with Crippen molar-refractivity contribution < 1.29 is 27.5 Å². The summed E-state index contributed by atoms with van der Waals surface area (Å²) in [4.78, 5) is 24.5. The average molecular weight is 458 g/mol. The van der Waals surface area contributed by atoms with Gasteiger partial charge in [-0.1, -0.05) is 11.6 Å². The maximum Gasteiger partial charge on any atom is 0.435 e. The fourth-order valence-electron chi connectivity index (χ4n) is 3.11. The molecule has 1 fully saturated rings. The molecule has 0 aliphatic heterocycles. The molecule has 30 heavy (non-hydrogen) atoms. The molecule has 1 aliphatic rings. The van der Waals surface area contributed by atoms with Gasteiger partial charge in [0.15, 0.2) is 5.69 Å². The Labute approximate surface area is 177 Å². The predicted octanol–water partition coefficient (Wildman–Crippen LogP) is 5.07. The second kappa shape index (κ2) is 7.59. The number of halogens is 4. The van der Waals surface area contributed by atoms with Crippen LogP contribution in [0, 0.1) is 0 Å². The lowest BCUT2D eigenvalue weighted by molar-refractivity contribution is -0.141. The number of nitrogens with one attached hydrogen (secondary N) is 1. The van der Waals surface area contributed by atoms with Gasteiger partial charge < -0.3 is 10.1 Å². The molecule has 1 saturated carbocycles. The summed E-state index contributed by atoms with van der Waals surface area (Å²) in [6.45, 7) is -0.335. The molecule has 11 heteroatoms. The SMILES string of the molecule is COC(=O)c1sc2cc(NC(=O)Cn3nc(C(F)(F)F)cc3C3CC3)ccc2c1Cl. The highest BCUT2D eigenvalue weighted by Gasteiger charge is 2.38. The number of hydrogen-bond donors (Lipinski definition) is 1. The predicted molar refractivity (Wildman–Crippen MR) is 106 cm³/mol. The van der Waals surface area contributed by atoms with Gasteiger partial charge in [0, 0.05) is 27.4 Å². The number of rotatable bonds is 5. The van der Waals surface area contributed by atoms with E-state index in [9.17, 15) is 22.8 Å². The van der Waals surface area contributed by atoms with Crippen molar-refractivity contribution in [1.82, 2.24) is 9.78 Å². The largest absolute Gasteiger partial charge is 0.465 e. The fraction of sp³-hybridized carbons (Fsp3) is 0.316. The van der Waals surface area contributed by atoms with Crippen LogP contribution in [0.1, 0.15) is 39.8 Å². The van der Waals surface area contributed by atoms with Gasteiger partial charge in [-0.25, -0.2) is 4.79 Å². The molecule has 1 aromatic carbocycles. The van der Waals surface area contributed by atoms with Crippen molar-refractivity contribution in [1.29, 1.82) is 0 Å². The maximum absolute atomic E-state index is 13.0. The highest BCUT2D eigenvalue weighted by Crippen LogP contribution is 2.42. The zero-order valence-electron chi connectivity index (χ0n) is 15.5. The Morgan fingerprint density at radius 3 is 2.70 bits per heavy atom. The summed E-state index contributed by atoms with van der Waals surface area (Å²) in [5.74, 6) is -1.06. The molecular formula is C19H15ClF3N3O3S. The normalized spacial score (nSPS) is 14.2. The van der Waals surface area contributed by atoms with E-state index in [1.54, 1.807) is 18.2 Å². The molecule has 0 atom stereocenters. The van der Waals surface area contributed by atoms with Crippen LogP contribution in [-0.2, 0) is 22.3 Å². The number of methoxy groups -OCH3 is 1. The Morgan fingerprint density at radius 2 is 2.07 bits per heavy atom. The Balaban J connectivity index is 1.54. The van der Waals surface area contributed by atoms with Crippen molar-refractivity contribution in [2.24, 2.45) is 0 Å². The minimum absolute atomic E-state index is 0.00255. The van der Waals surface area contributed by atoms with Crippen LogP contribution < -0.4 is 5.32 Å². The lowest BCUT2D eigenvalue weighted by Crippen LogP contribution is -2.21. The number of thiophene rings is 1. The third kappa shape index (κ3) is 4.01. The van der Waals surface area contributed by atoms with Gasteiger partial charge in [0.1, 0.15) is 11.4 Å². The third-order valence-corrected chi connectivity index (χ3v) is 6.31. The summed E-state index contributed by atoms with van der Waals surface area (Å²) in [6.07, 6.45) is -3.00. The smallest absolute Gasteiger partial charge is 0.435 e. The van der Waals surface area contributed by atoms with Gasteiger partial charge in [0.05, 0.1) is 12.1 Å². The fourth-order valence-corrected chi connectivity index (χ4v) is 4.57. The van der Waals surface area contributed by atoms with Crippen LogP contribution in [0.3, 0.4) is 0 Å². The van der Waals surface area contributed by atoms with E-state index < -0.39 is 23.7 Å². The van der Waals surface area contributed by atoms with Gasteiger partial charge in [-0.15, -0.1) is 11.3 Å². The maximum atomic E-state index is 13.0. The summed E-state index contributed by atoms with van der Waals surface area (Å²) in [5, 5.41) is 7.14. The Hall–Kier alpha value is -2.59. The highest BCUT2D eigenvalue weighted by atomic mass is 35.5. The minimum atomic E-state index is -4.56. The molecule has 0 spiro atoms. The number of aromatic nitrogens is 2. The number of amides is 1. The monoisotopic (exact) mass is 457 g/mol. The first kappa shape index (κ1) is 20.7. The first-order valence-electron chi connectivity index (χ1n) is 8.92. The molecular weight excluding hydrogens is 443 g/mol. The van der Waals surface area contributed by atoms with Gasteiger partial charge in [0.2, 0.25) is 5.91 Å². The van der Waals surface area contributed by atoms with Crippen molar-refractivity contribution in [3.05, 3.63) is 45.6 Å². The Kier molecular flexibility index (Phi) is 5.23. The van der Waals surface area contributed by atoms with Crippen LogP contribution >= 0.6 is 22.9 Å². The van der Waals surface area contributed by atoms with Gasteiger partial charge in [-0.05, 0) is 37.1 Å². The standard InChI is InChI=1S/C19H15ClF3N3O3S/c1-29-18(28)17-16(20)11-5-4-10(6-13(11)30-17)24-15(27)8-26-12(9-2-3-9)7-14(25-26)19(21,22)23/h4-7,9H,2-3,8H2,1H3,(H,24,27). The molecule has 2 aromatic heterocycles. The Morgan fingerprint density at radius 1 is 1.33 bits per heavy atom. The summed E-state index contributed by atoms with van der Waals surface area (Å²) in [5.41, 5.74) is -0.152. The van der Waals surface area contributed by atoms with Crippen LogP contribution in [0.5, 0.6) is 0 Å². The molecule has 3 aromatic rings. The van der Waals surface area contributed by atoms with E-state index >= 15 is 0 Å². The lowest BCUT2D eigenvalue weighted by Gasteiger charge is -2.08. The van der Waals surface area contributed by atoms with E-state index in [1.807, 2.05) is 0 Å². The second-order valence-corrected chi connectivity index (χ2v) is 8.31. The number of esters is 1. The molecule has 2 heterocycles. The van der Waals surface area contributed by atoms with E-state index in [2.05, 4.69) is 10.4 Å². The van der Waals surface area contributed by atoms with E-state index in [4.69, 9.17) is 16.3 Å². The topological polar surface area (TPSA) is 73.2 Å². The Bertz CT molecular complexity index is 1150. The van der Waals surface area contributed by atoms with Gasteiger partial charge in [-0.2, -0.15) is 18.3 Å². The van der Waals surface area contributed by atoms with Crippen LogP contribution in [-0.4, -0.2) is 28.8 Å². The van der Waals surface area contributed by atoms with Gasteiger partial charge in [-0.3, -0.25) is 9.48 Å². The van der Waals surface area contributed by atoms with E-state index in [-0.39, 0.29) is 22.4 Å². The number of ether oxygens (including phenoxy) is 1. The zero-order chi connectivity index (χ0) is 21.6. The number of benzene rings is 1. The van der Waals surface area contributed by atoms with Crippen LogP contribution in [0.15, 0.2) is 24.3 Å². The number of hydrogen-bond acceptors (Lipinski definition) is 5. The van der Waals surface area contributed by atoms with Crippen molar-refractivity contribution in [3.8, 4) is 0 Å². The van der Waals surface area contributed by atoms with Crippen molar-refractivity contribution >= 4 is 50.6 Å². The minimum Gasteiger partial charge on any atom is -0.465 e. The molecule has 0 unspecified atom stereocenters. The van der Waals surface area contributed by atoms with Gasteiger partial charge in [0.25, 0.3) is 0 Å². The first-order chi connectivity index (χ1) is 14.2. The number of nitrogens with zero attached hydrogens (tertiary/aromatic N) is 2. The average Bonchev–Trinajstić information content (AvgIpc) is 3.35. The quantitative estimate of drug-likeness (QED) is 0.543. The summed E-state index contributed by atoms with van der Waals surface area (Å²) < 4.78 is 45.5. The number of alkyl halides is 3. The highest BCUT2D eigenvalue weighted by molar-refractivity contribution is 7.21. The zero-order valence-corrected chi connectivity index (χ0v) is 17.1. The number of anilines is 1. The van der Waals surface area contributed by atoms with E-state index in [0.29, 0.717) is 21.5 Å². The van der Waals surface area contributed by atoms with Gasteiger partial charge >= 0.3 is 12.1 Å². The summed E-state index contributed by atoms with van der Waals surface area (Å²) >= 11 is 7.33. The molecule has 0 saturated heterocycles. The van der Waals surface area contributed by atoms with Crippen LogP contribution in [0.2, 0.25) is 5.02 Å². The summed E-state index contributed by atoms with van der Waals surface area (Å²) in [6, 6.07) is 5.91. The molecule has 0 bridgehead atoms. The number of fused-ring (bicyclic) bond motifs is 1. The molecule has 1 N–H and O–H groups in total. The molecule has 4 rings (SSSR count). The summed E-state index contributed by atoms with van der Waals surface area (Å²) in [7, 11) is 1.25. The third-order valence-electron chi connectivity index (χ3n) is 4.67. The molecule has 1 amide bonds. The van der Waals surface area contributed by atoms with Crippen molar-refractivity contribution in [2.45, 2.75) is 31.5 Å². The first-order valence-corrected chi connectivity index (χ1v) is 10.1. The second-order valence-electron chi connectivity index (χ2n) is 6.88. The molecule has 6 nitrogen and oxygen atoms in total. The molecule has 0 radical (unpaired) electrons. The molecule has 158 valence electrons. The lowest BCUT2D eigenvalue weighted by atomic mass is 10.2. The molecule has 1 aliphatic carbocycles. The van der Waals surface area contributed by atoms with E-state index in [0.717, 1.165) is 34.9 Å². The van der Waals surface area contributed by atoms with E-state index in [1.165, 1.54) is 7.11 Å². The number of carbonyl (C=O) groups excluding carboxylic acids is 2. The van der Waals surface area contributed by atoms with Crippen molar-refractivity contribution in [3.63, 3.8) is 0 Å². The van der Waals surface area contributed by atoms with Crippen molar-refractivity contribution in [2.75, 3.05) is 12.4 Å². The van der Waals surface area contributed by atoms with Crippen LogP contribution in [0.4, 0.5) is 18.9 Å². The number of carbonyl (C=O) groups is 2. The van der Waals surface area contributed by atoms with Crippen LogP contribution in [0.25, 0.3) is 10.1 Å².